The van der Waals surface area contributed by atoms with E-state index >= 15 is 0 Å². The number of unbranched alkanes of at least 4 members (excludes halogenated alkanes) is 4. The third kappa shape index (κ3) is 27.5. The molecule has 0 heterocycles. The van der Waals surface area contributed by atoms with Crippen LogP contribution in [0.1, 0.15) is 119 Å². The summed E-state index contributed by atoms with van der Waals surface area (Å²) in [7, 11) is 0. The molecule has 2 unspecified atom stereocenters. The van der Waals surface area contributed by atoms with Gasteiger partial charge in [-0.2, -0.15) is 0 Å². The van der Waals surface area contributed by atoms with Gasteiger partial charge in [0.15, 0.2) is 0 Å². The van der Waals surface area contributed by atoms with E-state index in [0.717, 1.165) is 51.4 Å². The molecule has 0 saturated heterocycles. The molecular formula is C24H50GeO4. The molecule has 2 radical (unpaired) electrons. The normalized spacial score (nSPS) is 12.1. The molecule has 174 valence electrons. The molecule has 0 aromatic rings. The molecule has 0 rings (SSSR count). The summed E-state index contributed by atoms with van der Waals surface area (Å²) in [5.74, 6) is -1.51. The molecule has 5 heteroatoms. The summed E-state index contributed by atoms with van der Waals surface area (Å²) < 4.78 is 0. The van der Waals surface area contributed by atoms with Crippen molar-refractivity contribution in [2.45, 2.75) is 129 Å². The van der Waals surface area contributed by atoms with Gasteiger partial charge in [0.2, 0.25) is 0 Å². The molecular weight excluding hydrogens is 425 g/mol. The predicted octanol–water partition coefficient (Wildman–Crippen LogP) is 7.70. The van der Waals surface area contributed by atoms with Crippen LogP contribution in [0.4, 0.5) is 0 Å². The molecule has 2 N–H and O–H groups in total. The summed E-state index contributed by atoms with van der Waals surface area (Å²) in [6, 6.07) is 0. The first-order chi connectivity index (χ1) is 13.9. The number of carboxylic acid groups (broad SMARTS) is 2. The van der Waals surface area contributed by atoms with Crippen molar-refractivity contribution in [1.29, 1.82) is 0 Å². The molecule has 4 nitrogen and oxygen atoms in total. The van der Waals surface area contributed by atoms with Crippen molar-refractivity contribution in [2.75, 3.05) is 0 Å². The monoisotopic (exact) mass is 476 g/mol. The second kappa shape index (κ2) is 27.5. The van der Waals surface area contributed by atoms with Crippen molar-refractivity contribution in [2.24, 2.45) is 11.8 Å². The van der Waals surface area contributed by atoms with Crippen molar-refractivity contribution in [3.05, 3.63) is 0 Å². The number of hydrogen-bond acceptors (Lipinski definition) is 2. The van der Waals surface area contributed by atoms with Gasteiger partial charge in [-0.1, -0.05) is 53.4 Å². The average molecular weight is 475 g/mol. The quantitative estimate of drug-likeness (QED) is 0.177. The Morgan fingerprint density at radius 3 is 1.14 bits per heavy atom. The average Bonchev–Trinajstić information content (AvgIpc) is 2.69. The van der Waals surface area contributed by atoms with Gasteiger partial charge in [-0.25, -0.2) is 0 Å². The Kier molecular flexibility index (Phi) is 31.4. The van der Waals surface area contributed by atoms with E-state index in [4.69, 9.17) is 10.2 Å². The second-order valence-corrected chi connectivity index (χ2v) is 10.8. The maximum atomic E-state index is 10.4. The summed E-state index contributed by atoms with van der Waals surface area (Å²) in [6.07, 6.45) is 13.2. The van der Waals surface area contributed by atoms with Crippen molar-refractivity contribution >= 4 is 27.4 Å². The topological polar surface area (TPSA) is 74.6 Å². The SMILES string of the molecule is CCCCC(CC)C(=O)O.CCCCC(CC)C(=O)O.CCC[CH2][Ge][CH2]CCC. The summed E-state index contributed by atoms with van der Waals surface area (Å²) in [5.41, 5.74) is 0. The molecule has 0 fully saturated rings. The van der Waals surface area contributed by atoms with Crippen LogP contribution >= 0.6 is 0 Å². The Hall–Kier alpha value is -0.517. The van der Waals surface area contributed by atoms with Crippen LogP contribution < -0.4 is 0 Å². The third-order valence-corrected chi connectivity index (χ3v) is 7.88. The van der Waals surface area contributed by atoms with Crippen LogP contribution in [0.5, 0.6) is 0 Å². The van der Waals surface area contributed by atoms with E-state index in [0.29, 0.717) is 15.4 Å². The Morgan fingerprint density at radius 1 is 0.621 bits per heavy atom. The molecule has 0 aliphatic carbocycles. The van der Waals surface area contributed by atoms with Crippen LogP contribution in [0, 0.1) is 11.8 Å². The Bertz CT molecular complexity index is 316. The second-order valence-electron chi connectivity index (χ2n) is 7.63. The van der Waals surface area contributed by atoms with Crippen LogP contribution in [-0.2, 0) is 9.59 Å². The molecule has 0 aromatic carbocycles. The third-order valence-electron chi connectivity index (χ3n) is 4.91. The zero-order chi connectivity index (χ0) is 22.9. The van der Waals surface area contributed by atoms with E-state index in [1.807, 2.05) is 13.8 Å². The molecule has 0 saturated carbocycles. The van der Waals surface area contributed by atoms with E-state index in [-0.39, 0.29) is 11.8 Å². The molecule has 0 aliphatic heterocycles. The van der Waals surface area contributed by atoms with Crippen LogP contribution in [0.15, 0.2) is 0 Å². The number of carboxylic acids is 2. The van der Waals surface area contributed by atoms with Crippen molar-refractivity contribution in [3.63, 3.8) is 0 Å². The standard InChI is InChI=1S/C8H18Ge.2C8H16O2/c1-3-5-7-9-8-6-4-2;2*1-3-5-6-7(4-2)8(9)10/h3-8H2,1-2H3;2*7H,3-6H2,1-2H3,(H,9,10). The zero-order valence-electron chi connectivity index (χ0n) is 20.3. The predicted molar refractivity (Wildman–Crippen MR) is 127 cm³/mol. The Labute approximate surface area is 188 Å². The maximum absolute atomic E-state index is 10.4. The van der Waals surface area contributed by atoms with Gasteiger partial charge in [-0.05, 0) is 25.7 Å². The molecule has 0 amide bonds. The van der Waals surface area contributed by atoms with E-state index < -0.39 is 11.9 Å². The summed E-state index contributed by atoms with van der Waals surface area (Å²) in [4.78, 5) is 20.9. The van der Waals surface area contributed by atoms with Crippen LogP contribution in [-0.4, -0.2) is 37.6 Å². The first-order valence-electron chi connectivity index (χ1n) is 12.0. The van der Waals surface area contributed by atoms with Gasteiger partial charge in [-0.3, -0.25) is 9.59 Å². The van der Waals surface area contributed by atoms with Gasteiger partial charge in [0.25, 0.3) is 0 Å². The van der Waals surface area contributed by atoms with Crippen molar-refractivity contribution < 1.29 is 19.8 Å². The van der Waals surface area contributed by atoms with E-state index in [9.17, 15) is 9.59 Å². The fourth-order valence-corrected chi connectivity index (χ4v) is 5.69. The molecule has 2 atom stereocenters. The van der Waals surface area contributed by atoms with Crippen molar-refractivity contribution in [1.82, 2.24) is 0 Å². The fourth-order valence-electron chi connectivity index (χ4n) is 2.63. The van der Waals surface area contributed by atoms with E-state index in [1.165, 1.54) is 25.7 Å². The minimum absolute atomic E-state index is 0.111. The summed E-state index contributed by atoms with van der Waals surface area (Å²) in [6.45, 7) is 12.6. The molecule has 0 aromatic heterocycles. The molecule has 0 aliphatic rings. The van der Waals surface area contributed by atoms with Gasteiger partial charge in [0, 0.05) is 0 Å². The molecule has 0 bridgehead atoms. The molecule has 0 spiro atoms. The fraction of sp³-hybridized carbons (Fsp3) is 0.917. The van der Waals surface area contributed by atoms with Gasteiger partial charge >= 0.3 is 77.4 Å². The van der Waals surface area contributed by atoms with Crippen molar-refractivity contribution in [3.8, 4) is 0 Å². The first kappa shape index (κ1) is 33.1. The molecule has 29 heavy (non-hydrogen) atoms. The van der Waals surface area contributed by atoms with Crippen LogP contribution in [0.25, 0.3) is 0 Å². The van der Waals surface area contributed by atoms with Gasteiger partial charge < -0.3 is 10.2 Å². The summed E-state index contributed by atoms with van der Waals surface area (Å²) in [5, 5.41) is 20.4. The van der Waals surface area contributed by atoms with E-state index in [2.05, 4.69) is 27.7 Å². The van der Waals surface area contributed by atoms with Gasteiger partial charge in [-0.15, -0.1) is 0 Å². The van der Waals surface area contributed by atoms with Crippen LogP contribution in [0.2, 0.25) is 10.5 Å². The number of rotatable bonds is 16. The summed E-state index contributed by atoms with van der Waals surface area (Å²) >= 11 is 0.496. The Morgan fingerprint density at radius 2 is 0.931 bits per heavy atom. The number of hydrogen-bond donors (Lipinski definition) is 2. The number of carbonyl (C=O) groups is 2. The van der Waals surface area contributed by atoms with E-state index in [1.54, 1.807) is 10.5 Å². The van der Waals surface area contributed by atoms with Crippen LogP contribution in [0.3, 0.4) is 0 Å². The zero-order valence-corrected chi connectivity index (χ0v) is 22.4. The minimum atomic E-state index is -0.643. The van der Waals surface area contributed by atoms with Gasteiger partial charge in [0.05, 0.1) is 11.8 Å². The number of aliphatic carboxylic acids is 2. The van der Waals surface area contributed by atoms with Gasteiger partial charge in [0.1, 0.15) is 0 Å². The first-order valence-corrected chi connectivity index (χ1v) is 15.0. The Balaban J connectivity index is -0.000000350.